The lowest BCUT2D eigenvalue weighted by Gasteiger charge is -2.28. The molecule has 0 radical (unpaired) electrons. The molecule has 1 aliphatic rings. The van der Waals surface area contributed by atoms with E-state index < -0.39 is 22.2 Å². The van der Waals surface area contributed by atoms with Crippen LogP contribution in [0.5, 0.6) is 0 Å². The molecule has 0 amide bonds. The first kappa shape index (κ1) is 18.1. The summed E-state index contributed by atoms with van der Waals surface area (Å²) in [4.78, 5) is 4.46. The van der Waals surface area contributed by atoms with E-state index in [-0.39, 0.29) is 4.90 Å². The second kappa shape index (κ2) is 7.03. The number of hydrogen-bond donors (Lipinski definition) is 2. The van der Waals surface area contributed by atoms with Gasteiger partial charge in [0.2, 0.25) is 10.0 Å². The predicted molar refractivity (Wildman–Crippen MR) is 102 cm³/mol. The van der Waals surface area contributed by atoms with E-state index in [0.29, 0.717) is 29.6 Å². The van der Waals surface area contributed by atoms with Crippen molar-refractivity contribution in [2.24, 2.45) is 0 Å². The molecule has 2 aromatic heterocycles. The van der Waals surface area contributed by atoms with Gasteiger partial charge >= 0.3 is 0 Å². The van der Waals surface area contributed by atoms with E-state index in [1.54, 1.807) is 10.7 Å². The van der Waals surface area contributed by atoms with Crippen LogP contribution < -0.4 is 4.72 Å². The molecule has 4 rings (SSSR count). The quantitative estimate of drug-likeness (QED) is 0.717. The number of benzene rings is 1. The fraction of sp³-hybridized carbons (Fsp3) is 0.368. The molecule has 0 bridgehead atoms. The Balaban J connectivity index is 1.70. The van der Waals surface area contributed by atoms with Gasteiger partial charge in [-0.05, 0) is 38.0 Å². The molecule has 1 aromatic carbocycles. The number of para-hydroxylation sites is 1. The van der Waals surface area contributed by atoms with Gasteiger partial charge in [0.1, 0.15) is 4.90 Å². The van der Waals surface area contributed by atoms with Crippen molar-refractivity contribution >= 4 is 21.1 Å². The van der Waals surface area contributed by atoms with Crippen LogP contribution in [0.25, 0.3) is 16.7 Å². The molecule has 1 aliphatic carbocycles. The van der Waals surface area contributed by atoms with Crippen molar-refractivity contribution in [3.8, 4) is 5.69 Å². The van der Waals surface area contributed by atoms with Crippen LogP contribution in [0.3, 0.4) is 0 Å². The second-order valence-corrected chi connectivity index (χ2v) is 8.67. The van der Waals surface area contributed by atoms with Gasteiger partial charge < -0.3 is 5.11 Å². The molecule has 0 saturated heterocycles. The summed E-state index contributed by atoms with van der Waals surface area (Å²) in [6, 6.07) is 10.7. The number of rotatable bonds is 4. The first-order chi connectivity index (χ1) is 13.0. The van der Waals surface area contributed by atoms with Gasteiger partial charge in [0, 0.05) is 17.6 Å². The van der Waals surface area contributed by atoms with Gasteiger partial charge in [-0.2, -0.15) is 5.10 Å². The molecule has 2 atom stereocenters. The molecule has 0 spiro atoms. The number of fused-ring (bicyclic) bond motifs is 1. The molecule has 0 unspecified atom stereocenters. The van der Waals surface area contributed by atoms with Crippen LogP contribution in [0.15, 0.2) is 47.5 Å². The zero-order valence-corrected chi connectivity index (χ0v) is 15.9. The first-order valence-electron chi connectivity index (χ1n) is 9.07. The summed E-state index contributed by atoms with van der Waals surface area (Å²) in [5, 5.41) is 15.3. The van der Waals surface area contributed by atoms with E-state index in [1.165, 1.54) is 6.20 Å². The van der Waals surface area contributed by atoms with Crippen molar-refractivity contribution in [3.63, 3.8) is 0 Å². The number of nitrogens with zero attached hydrogens (tertiary/aromatic N) is 3. The molecule has 1 fully saturated rings. The molecule has 8 heteroatoms. The number of aliphatic hydroxyl groups excluding tert-OH is 1. The monoisotopic (exact) mass is 386 g/mol. The minimum atomic E-state index is -3.77. The Hall–Kier alpha value is -2.29. The van der Waals surface area contributed by atoms with Crippen molar-refractivity contribution in [2.45, 2.75) is 49.6 Å². The van der Waals surface area contributed by atoms with Crippen molar-refractivity contribution in [2.75, 3.05) is 0 Å². The van der Waals surface area contributed by atoms with Gasteiger partial charge in [0.15, 0.2) is 5.65 Å². The summed E-state index contributed by atoms with van der Waals surface area (Å²) in [5.41, 5.74) is 2.17. The third-order valence-electron chi connectivity index (χ3n) is 5.03. The molecule has 1 saturated carbocycles. The van der Waals surface area contributed by atoms with E-state index in [1.807, 2.05) is 37.3 Å². The Morgan fingerprint density at radius 1 is 1.19 bits per heavy atom. The maximum absolute atomic E-state index is 12.8. The maximum atomic E-state index is 12.8. The Morgan fingerprint density at radius 3 is 2.67 bits per heavy atom. The van der Waals surface area contributed by atoms with Crippen LogP contribution in [0.4, 0.5) is 0 Å². The minimum Gasteiger partial charge on any atom is -0.391 e. The number of pyridine rings is 1. The highest BCUT2D eigenvalue weighted by atomic mass is 32.2. The van der Waals surface area contributed by atoms with Crippen molar-refractivity contribution in [3.05, 3.63) is 48.3 Å². The highest BCUT2D eigenvalue weighted by Crippen LogP contribution is 2.24. The van der Waals surface area contributed by atoms with Crippen LogP contribution in [-0.2, 0) is 10.0 Å². The Bertz CT molecular complexity index is 1060. The normalized spacial score (nSPS) is 20.8. The second-order valence-electron chi connectivity index (χ2n) is 6.95. The number of aryl methyl sites for hydroxylation is 1. The third-order valence-corrected chi connectivity index (χ3v) is 6.49. The average molecular weight is 386 g/mol. The lowest BCUT2D eigenvalue weighted by molar-refractivity contribution is 0.101. The maximum Gasteiger partial charge on any atom is 0.242 e. The third kappa shape index (κ3) is 3.47. The van der Waals surface area contributed by atoms with Gasteiger partial charge in [0.25, 0.3) is 0 Å². The van der Waals surface area contributed by atoms with E-state index in [4.69, 9.17) is 0 Å². The number of aliphatic hydroxyl groups is 1. The number of nitrogens with one attached hydrogen (secondary N) is 1. The lowest BCUT2D eigenvalue weighted by atomic mass is 9.93. The first-order valence-corrected chi connectivity index (χ1v) is 10.6. The number of hydrogen-bond acceptors (Lipinski definition) is 5. The molecule has 0 aliphatic heterocycles. The molecular weight excluding hydrogens is 364 g/mol. The molecule has 27 heavy (non-hydrogen) atoms. The summed E-state index contributed by atoms with van der Waals surface area (Å²) in [5.74, 6) is 0. The van der Waals surface area contributed by atoms with Gasteiger partial charge in [-0.25, -0.2) is 22.8 Å². The van der Waals surface area contributed by atoms with E-state index in [9.17, 15) is 13.5 Å². The summed E-state index contributed by atoms with van der Waals surface area (Å²) in [6.07, 6.45) is 3.79. The fourth-order valence-corrected chi connectivity index (χ4v) is 4.81. The minimum absolute atomic E-state index is 0.0866. The highest BCUT2D eigenvalue weighted by molar-refractivity contribution is 7.89. The summed E-state index contributed by atoms with van der Waals surface area (Å²) < 4.78 is 29.9. The van der Waals surface area contributed by atoms with Crippen LogP contribution in [0.1, 0.15) is 31.4 Å². The standard InChI is InChI=1S/C19H22N4O3S/c1-13-16-11-15(27(25,26)22-17-9-5-6-10-18(17)24)12-20-19(16)23(21-13)14-7-3-2-4-8-14/h2-4,7-8,11-12,17-18,22,24H,5-6,9-10H2,1H3/t17-,18-/m1/s1. The Morgan fingerprint density at radius 2 is 1.93 bits per heavy atom. The van der Waals surface area contributed by atoms with Crippen molar-refractivity contribution in [1.29, 1.82) is 0 Å². The molecule has 2 N–H and O–H groups in total. The summed E-state index contributed by atoms with van der Waals surface area (Å²) >= 11 is 0. The fourth-order valence-electron chi connectivity index (χ4n) is 3.54. The predicted octanol–water partition coefficient (Wildman–Crippen LogP) is 2.31. The highest BCUT2D eigenvalue weighted by Gasteiger charge is 2.28. The van der Waals surface area contributed by atoms with Crippen molar-refractivity contribution in [1.82, 2.24) is 19.5 Å². The molecule has 2 heterocycles. The Labute approximate surface area is 158 Å². The zero-order chi connectivity index (χ0) is 19.0. The molecule has 3 aromatic rings. The van der Waals surface area contributed by atoms with Crippen molar-refractivity contribution < 1.29 is 13.5 Å². The molecule has 142 valence electrons. The van der Waals surface area contributed by atoms with E-state index in [2.05, 4.69) is 14.8 Å². The smallest absolute Gasteiger partial charge is 0.242 e. The van der Waals surface area contributed by atoms with Gasteiger partial charge in [-0.3, -0.25) is 0 Å². The topological polar surface area (TPSA) is 97.1 Å². The van der Waals surface area contributed by atoms with Crippen LogP contribution in [-0.4, -0.2) is 40.4 Å². The zero-order valence-electron chi connectivity index (χ0n) is 15.0. The molecule has 7 nitrogen and oxygen atoms in total. The average Bonchev–Trinajstić information content (AvgIpc) is 3.00. The summed E-state index contributed by atoms with van der Waals surface area (Å²) in [7, 11) is -3.77. The van der Waals surface area contributed by atoms with Crippen LogP contribution in [0.2, 0.25) is 0 Å². The van der Waals surface area contributed by atoms with Gasteiger partial charge in [0.05, 0.1) is 17.5 Å². The van der Waals surface area contributed by atoms with Gasteiger partial charge in [-0.1, -0.05) is 31.0 Å². The number of aromatic nitrogens is 3. The van der Waals surface area contributed by atoms with Crippen LogP contribution >= 0.6 is 0 Å². The molecular formula is C19H22N4O3S. The lowest BCUT2D eigenvalue weighted by Crippen LogP contribution is -2.44. The van der Waals surface area contributed by atoms with Gasteiger partial charge in [-0.15, -0.1) is 0 Å². The number of sulfonamides is 1. The van der Waals surface area contributed by atoms with Crippen LogP contribution in [0, 0.1) is 6.92 Å². The van der Waals surface area contributed by atoms with E-state index >= 15 is 0 Å². The van der Waals surface area contributed by atoms with E-state index in [0.717, 1.165) is 18.5 Å². The largest absolute Gasteiger partial charge is 0.391 e. The SMILES string of the molecule is Cc1nn(-c2ccccc2)c2ncc(S(=O)(=O)N[C@@H]3CCCC[C@H]3O)cc12. The Kier molecular flexibility index (Phi) is 4.71. The summed E-state index contributed by atoms with van der Waals surface area (Å²) in [6.45, 7) is 1.83.